The minimum Gasteiger partial charge on any atom is -0.240 e. The van der Waals surface area contributed by atoms with Gasteiger partial charge in [0.1, 0.15) is 5.82 Å². The van der Waals surface area contributed by atoms with Gasteiger partial charge in [-0.1, -0.05) is 6.92 Å². The lowest BCUT2D eigenvalue weighted by Gasteiger charge is -2.27. The van der Waals surface area contributed by atoms with Gasteiger partial charge in [0.05, 0.1) is 11.1 Å². The Morgan fingerprint density at radius 3 is 2.63 bits per heavy atom. The maximum Gasteiger partial charge on any atom is 0.433 e. The first kappa shape index (κ1) is 15.3. The summed E-state index contributed by atoms with van der Waals surface area (Å²) >= 11 is 8.86. The van der Waals surface area contributed by atoms with E-state index in [1.165, 1.54) is 6.20 Å². The normalized spacial score (nSPS) is 24.5. The number of alkyl halides is 4. The van der Waals surface area contributed by atoms with Crippen LogP contribution in [0.1, 0.15) is 29.3 Å². The smallest absolute Gasteiger partial charge is 0.240 e. The largest absolute Gasteiger partial charge is 0.433 e. The van der Waals surface area contributed by atoms with Crippen molar-refractivity contribution in [3.8, 4) is 0 Å². The van der Waals surface area contributed by atoms with Gasteiger partial charge in [0.25, 0.3) is 0 Å². The van der Waals surface area contributed by atoms with Gasteiger partial charge in [-0.3, -0.25) is 0 Å². The molecule has 106 valence electrons. The van der Waals surface area contributed by atoms with Crippen molar-refractivity contribution in [1.29, 1.82) is 0 Å². The second-order valence-corrected chi connectivity index (χ2v) is 7.10. The van der Waals surface area contributed by atoms with Crippen molar-refractivity contribution >= 4 is 35.1 Å². The molecule has 19 heavy (non-hydrogen) atoms. The third kappa shape index (κ3) is 3.49. The van der Waals surface area contributed by atoms with Crippen LogP contribution in [0.3, 0.4) is 0 Å². The van der Waals surface area contributed by atoms with E-state index in [2.05, 4.69) is 9.97 Å². The maximum absolute atomic E-state index is 12.9. The summed E-state index contributed by atoms with van der Waals surface area (Å²) < 4.78 is 38.8. The molecule has 1 aromatic rings. The highest BCUT2D eigenvalue weighted by molar-refractivity contribution is 8.06. The van der Waals surface area contributed by atoms with Gasteiger partial charge in [-0.15, -0.1) is 23.4 Å². The van der Waals surface area contributed by atoms with E-state index in [-0.39, 0.29) is 27.8 Å². The van der Waals surface area contributed by atoms with Crippen LogP contribution >= 0.6 is 35.1 Å². The molecule has 1 fully saturated rings. The van der Waals surface area contributed by atoms with Gasteiger partial charge in [-0.25, -0.2) is 9.97 Å². The number of aromatic nitrogens is 2. The molecular formula is C11H12ClF3N2S2. The Morgan fingerprint density at radius 1 is 1.37 bits per heavy atom. The van der Waals surface area contributed by atoms with Crippen LogP contribution in [-0.4, -0.2) is 26.7 Å². The van der Waals surface area contributed by atoms with Crippen LogP contribution in [0, 0.1) is 0 Å². The molecule has 0 aromatic carbocycles. The Bertz CT molecular complexity index is 456. The Morgan fingerprint density at radius 2 is 2.05 bits per heavy atom. The first-order chi connectivity index (χ1) is 8.93. The van der Waals surface area contributed by atoms with Crippen molar-refractivity contribution in [2.75, 3.05) is 11.5 Å². The molecule has 2 atom stereocenters. The van der Waals surface area contributed by atoms with Crippen molar-refractivity contribution in [1.82, 2.24) is 9.97 Å². The van der Waals surface area contributed by atoms with E-state index in [1.54, 1.807) is 23.5 Å². The molecule has 1 aliphatic rings. The van der Waals surface area contributed by atoms with E-state index >= 15 is 0 Å². The predicted molar refractivity (Wildman–Crippen MR) is 73.7 cm³/mol. The van der Waals surface area contributed by atoms with Crippen LogP contribution in [0.15, 0.2) is 6.20 Å². The Kier molecular flexibility index (Phi) is 4.89. The summed E-state index contributed by atoms with van der Waals surface area (Å²) in [5.41, 5.74) is -0.977. The number of halogens is 4. The second-order valence-electron chi connectivity index (χ2n) is 4.10. The van der Waals surface area contributed by atoms with E-state index in [9.17, 15) is 13.2 Å². The lowest BCUT2D eigenvalue weighted by Crippen LogP contribution is -2.21. The fourth-order valence-electron chi connectivity index (χ4n) is 1.82. The lowest BCUT2D eigenvalue weighted by atomic mass is 10.2. The summed E-state index contributed by atoms with van der Waals surface area (Å²) in [6.07, 6.45) is -3.29. The second kappa shape index (κ2) is 6.10. The van der Waals surface area contributed by atoms with Crippen molar-refractivity contribution < 1.29 is 13.2 Å². The number of hydrogen-bond donors (Lipinski definition) is 0. The minimum atomic E-state index is -4.49. The summed E-state index contributed by atoms with van der Waals surface area (Å²) in [7, 11) is 0. The van der Waals surface area contributed by atoms with Crippen molar-refractivity contribution in [2.45, 2.75) is 29.5 Å². The van der Waals surface area contributed by atoms with Crippen molar-refractivity contribution in [3.63, 3.8) is 0 Å². The van der Waals surface area contributed by atoms with Crippen LogP contribution in [0.5, 0.6) is 0 Å². The molecule has 0 radical (unpaired) electrons. The first-order valence-electron chi connectivity index (χ1n) is 5.65. The fourth-order valence-corrected chi connectivity index (χ4v) is 4.71. The standard InChI is InChI=1S/C11H12ClF3N2S2/c1-6-8(19-3-2-18-6)10-16-5-7(4-12)9(17-10)11(13,14)15/h5-6,8H,2-4H2,1H3. The average molecular weight is 329 g/mol. The Hall–Kier alpha value is -0.140. The van der Waals surface area contributed by atoms with Gasteiger partial charge in [0, 0.05) is 28.5 Å². The van der Waals surface area contributed by atoms with Gasteiger partial charge < -0.3 is 0 Å². The highest BCUT2D eigenvalue weighted by atomic mass is 35.5. The molecule has 2 nitrogen and oxygen atoms in total. The van der Waals surface area contributed by atoms with Crippen LogP contribution in [0.25, 0.3) is 0 Å². The third-order valence-electron chi connectivity index (χ3n) is 2.74. The molecule has 0 bridgehead atoms. The topological polar surface area (TPSA) is 25.8 Å². The van der Waals surface area contributed by atoms with Crippen molar-refractivity contribution in [2.24, 2.45) is 0 Å². The summed E-state index contributed by atoms with van der Waals surface area (Å²) in [5.74, 6) is 1.93. The highest BCUT2D eigenvalue weighted by Gasteiger charge is 2.37. The van der Waals surface area contributed by atoms with Gasteiger partial charge >= 0.3 is 6.18 Å². The molecule has 0 amide bonds. The average Bonchev–Trinajstić information content (AvgIpc) is 2.37. The van der Waals surface area contributed by atoms with Gasteiger partial charge in [-0.05, 0) is 0 Å². The number of thioether (sulfide) groups is 2. The van der Waals surface area contributed by atoms with E-state index < -0.39 is 11.9 Å². The van der Waals surface area contributed by atoms with E-state index in [0.29, 0.717) is 0 Å². The highest BCUT2D eigenvalue weighted by Crippen LogP contribution is 2.42. The molecule has 2 rings (SSSR count). The first-order valence-corrected chi connectivity index (χ1v) is 8.29. The minimum absolute atomic E-state index is 0.0703. The Labute approximate surface area is 122 Å². The third-order valence-corrected chi connectivity index (χ3v) is 6.11. The van der Waals surface area contributed by atoms with E-state index in [4.69, 9.17) is 11.6 Å². The van der Waals surface area contributed by atoms with Gasteiger partial charge in [-0.2, -0.15) is 24.9 Å². The molecule has 1 aromatic heterocycles. The molecule has 0 aliphatic carbocycles. The van der Waals surface area contributed by atoms with E-state index in [0.717, 1.165) is 11.5 Å². The zero-order valence-corrected chi connectivity index (χ0v) is 12.5. The molecule has 0 spiro atoms. The molecule has 1 aliphatic heterocycles. The van der Waals surface area contributed by atoms with Crippen LogP contribution in [-0.2, 0) is 12.1 Å². The van der Waals surface area contributed by atoms with Crippen LogP contribution < -0.4 is 0 Å². The summed E-state index contributed by atoms with van der Waals surface area (Å²) in [5, 5.41) is 0.117. The van der Waals surface area contributed by atoms with Gasteiger partial charge in [0.2, 0.25) is 0 Å². The molecule has 1 saturated heterocycles. The quantitative estimate of drug-likeness (QED) is 0.762. The Balaban J connectivity index is 2.37. The van der Waals surface area contributed by atoms with Crippen molar-refractivity contribution in [3.05, 3.63) is 23.3 Å². The molecule has 2 heterocycles. The number of nitrogens with zero attached hydrogens (tertiary/aromatic N) is 2. The van der Waals surface area contributed by atoms with Gasteiger partial charge in [0.15, 0.2) is 5.69 Å². The molecule has 8 heteroatoms. The molecular weight excluding hydrogens is 317 g/mol. The zero-order valence-electron chi connectivity index (χ0n) is 10.1. The SMILES string of the molecule is CC1SCCSC1c1ncc(CCl)c(C(F)(F)F)n1. The maximum atomic E-state index is 12.9. The molecule has 0 N–H and O–H groups in total. The number of hydrogen-bond acceptors (Lipinski definition) is 4. The molecule has 2 unspecified atom stereocenters. The summed E-state index contributed by atoms with van der Waals surface area (Å²) in [6, 6.07) is 0. The molecule has 0 saturated carbocycles. The zero-order chi connectivity index (χ0) is 14.0. The number of rotatable bonds is 2. The summed E-state index contributed by atoms with van der Waals surface area (Å²) in [6.45, 7) is 1.99. The lowest BCUT2D eigenvalue weighted by molar-refractivity contribution is -0.141. The van der Waals surface area contributed by atoms with E-state index in [1.807, 2.05) is 6.92 Å². The fraction of sp³-hybridized carbons (Fsp3) is 0.636. The van der Waals surface area contributed by atoms with Crippen LogP contribution in [0.4, 0.5) is 13.2 Å². The van der Waals surface area contributed by atoms with Crippen LogP contribution in [0.2, 0.25) is 0 Å². The predicted octanol–water partition coefficient (Wildman–Crippen LogP) is 4.14. The summed E-state index contributed by atoms with van der Waals surface area (Å²) in [4.78, 5) is 7.80. The monoisotopic (exact) mass is 328 g/mol.